The van der Waals surface area contributed by atoms with Gasteiger partial charge in [-0.3, -0.25) is 4.79 Å². The van der Waals surface area contributed by atoms with Crippen LogP contribution in [0.4, 0.5) is 0 Å². The molecule has 0 aliphatic carbocycles. The second kappa shape index (κ2) is 6.15. The van der Waals surface area contributed by atoms with E-state index in [4.69, 9.17) is 0 Å². The molecule has 20 heavy (non-hydrogen) atoms. The molecule has 4 nitrogen and oxygen atoms in total. The Labute approximate surface area is 122 Å². The summed E-state index contributed by atoms with van der Waals surface area (Å²) in [6.07, 6.45) is 0.967. The average Bonchev–Trinajstić information content (AvgIpc) is 2.93. The molecule has 2 N–H and O–H groups in total. The van der Waals surface area contributed by atoms with Crippen molar-refractivity contribution in [1.82, 2.24) is 10.3 Å². The Bertz CT molecular complexity index is 553. The molecule has 0 aliphatic rings. The van der Waals surface area contributed by atoms with Crippen molar-refractivity contribution in [2.45, 2.75) is 31.9 Å². The minimum Gasteiger partial charge on any atom is -0.388 e. The second-order valence-electron chi connectivity index (χ2n) is 5.14. The Morgan fingerprint density at radius 2 is 2.10 bits per heavy atom. The maximum absolute atomic E-state index is 12.0. The Kier molecular flexibility index (Phi) is 4.52. The van der Waals surface area contributed by atoms with Crippen LogP contribution >= 0.6 is 11.3 Å². The summed E-state index contributed by atoms with van der Waals surface area (Å²) in [4.78, 5) is 16.3. The first kappa shape index (κ1) is 14.7. The zero-order chi connectivity index (χ0) is 14.6. The molecule has 0 saturated carbocycles. The molecule has 0 aliphatic heterocycles. The zero-order valence-corrected chi connectivity index (χ0v) is 12.4. The van der Waals surface area contributed by atoms with Crippen molar-refractivity contribution in [3.05, 3.63) is 52.5 Å². The minimum absolute atomic E-state index is 0.0405. The van der Waals surface area contributed by atoms with E-state index in [1.54, 1.807) is 6.20 Å². The Balaban J connectivity index is 1.96. The Morgan fingerprint density at radius 1 is 1.40 bits per heavy atom. The summed E-state index contributed by atoms with van der Waals surface area (Å²) in [7, 11) is 0. The van der Waals surface area contributed by atoms with Crippen molar-refractivity contribution in [1.29, 1.82) is 0 Å². The first-order valence-corrected chi connectivity index (χ1v) is 7.31. The number of nitrogens with one attached hydrogen (secondary N) is 1. The van der Waals surface area contributed by atoms with E-state index in [0.717, 1.165) is 10.6 Å². The number of hydrogen-bond acceptors (Lipinski definition) is 4. The van der Waals surface area contributed by atoms with Gasteiger partial charge in [-0.2, -0.15) is 0 Å². The highest BCUT2D eigenvalue weighted by atomic mass is 32.1. The van der Waals surface area contributed by atoms with Crippen LogP contribution in [0.5, 0.6) is 0 Å². The van der Waals surface area contributed by atoms with Crippen LogP contribution in [0.3, 0.4) is 0 Å². The lowest BCUT2D eigenvalue weighted by molar-refractivity contribution is -0.124. The number of hydrogen-bond donors (Lipinski definition) is 2. The molecule has 0 bridgehead atoms. The van der Waals surface area contributed by atoms with Gasteiger partial charge in [-0.15, -0.1) is 11.3 Å². The largest absolute Gasteiger partial charge is 0.388 e. The predicted molar refractivity (Wildman–Crippen MR) is 79.3 cm³/mol. The standard InChI is InChI=1S/C15H18N2O2S/c1-15(2,14-16-8-9-20-14)17-13(19)10-12(18)11-6-4-3-5-7-11/h3-9,12,18H,10H2,1-2H3,(H,17,19). The fourth-order valence-electron chi connectivity index (χ4n) is 1.95. The molecule has 0 saturated heterocycles. The lowest BCUT2D eigenvalue weighted by atomic mass is 10.0. The number of aliphatic hydroxyl groups excluding tert-OH is 1. The number of aromatic nitrogens is 1. The summed E-state index contributed by atoms with van der Waals surface area (Å²) in [6.45, 7) is 3.80. The van der Waals surface area contributed by atoms with Gasteiger partial charge in [-0.1, -0.05) is 30.3 Å². The van der Waals surface area contributed by atoms with Crippen LogP contribution in [0, 0.1) is 0 Å². The van der Waals surface area contributed by atoms with E-state index in [0.29, 0.717) is 0 Å². The highest BCUT2D eigenvalue weighted by molar-refractivity contribution is 7.09. The lowest BCUT2D eigenvalue weighted by Gasteiger charge is -2.24. The minimum atomic E-state index is -0.789. The van der Waals surface area contributed by atoms with E-state index in [-0.39, 0.29) is 12.3 Å². The van der Waals surface area contributed by atoms with Gasteiger partial charge < -0.3 is 10.4 Å². The Hall–Kier alpha value is -1.72. The molecule has 1 unspecified atom stereocenters. The summed E-state index contributed by atoms with van der Waals surface area (Å²) < 4.78 is 0. The molecule has 0 radical (unpaired) electrons. The van der Waals surface area contributed by atoms with E-state index < -0.39 is 11.6 Å². The van der Waals surface area contributed by atoms with Crippen molar-refractivity contribution in [2.24, 2.45) is 0 Å². The molecule has 0 spiro atoms. The number of rotatable bonds is 5. The van der Waals surface area contributed by atoms with Gasteiger partial charge in [0.25, 0.3) is 0 Å². The van der Waals surface area contributed by atoms with Crippen LogP contribution < -0.4 is 5.32 Å². The topological polar surface area (TPSA) is 62.2 Å². The molecule has 1 atom stereocenters. The van der Waals surface area contributed by atoms with Gasteiger partial charge in [-0.05, 0) is 19.4 Å². The summed E-state index contributed by atoms with van der Waals surface area (Å²) in [5.74, 6) is -0.193. The van der Waals surface area contributed by atoms with Crippen molar-refractivity contribution in [3.63, 3.8) is 0 Å². The van der Waals surface area contributed by atoms with Gasteiger partial charge in [0.15, 0.2) is 0 Å². The third-order valence-electron chi connectivity index (χ3n) is 2.98. The van der Waals surface area contributed by atoms with Gasteiger partial charge in [0, 0.05) is 11.6 Å². The highest BCUT2D eigenvalue weighted by Crippen LogP contribution is 2.23. The van der Waals surface area contributed by atoms with Crippen molar-refractivity contribution in [2.75, 3.05) is 0 Å². The normalized spacial score (nSPS) is 12.9. The molecule has 1 aromatic carbocycles. The zero-order valence-electron chi connectivity index (χ0n) is 11.5. The summed E-state index contributed by atoms with van der Waals surface area (Å²) >= 11 is 1.50. The first-order valence-electron chi connectivity index (χ1n) is 6.43. The second-order valence-corrected chi connectivity index (χ2v) is 6.04. The molecule has 5 heteroatoms. The molecule has 106 valence electrons. The van der Waals surface area contributed by atoms with Gasteiger partial charge in [-0.25, -0.2) is 4.98 Å². The molecular weight excluding hydrogens is 272 g/mol. The number of amides is 1. The SMILES string of the molecule is CC(C)(NC(=O)CC(O)c1ccccc1)c1nccs1. The maximum Gasteiger partial charge on any atom is 0.223 e. The average molecular weight is 290 g/mol. The number of nitrogens with zero attached hydrogens (tertiary/aromatic N) is 1. The molecule has 2 aromatic rings. The van der Waals surface area contributed by atoms with Crippen LogP contribution in [-0.4, -0.2) is 16.0 Å². The van der Waals surface area contributed by atoms with Crippen LogP contribution in [-0.2, 0) is 10.3 Å². The number of carbonyl (C=O) groups excluding carboxylic acids is 1. The van der Waals surface area contributed by atoms with Gasteiger partial charge >= 0.3 is 0 Å². The van der Waals surface area contributed by atoms with Gasteiger partial charge in [0.2, 0.25) is 5.91 Å². The van der Waals surface area contributed by atoms with E-state index in [1.807, 2.05) is 49.6 Å². The number of thiazole rings is 1. The van der Waals surface area contributed by atoms with Crippen molar-refractivity contribution in [3.8, 4) is 0 Å². The van der Waals surface area contributed by atoms with Crippen LogP contribution in [0.2, 0.25) is 0 Å². The van der Waals surface area contributed by atoms with Crippen molar-refractivity contribution >= 4 is 17.2 Å². The number of aliphatic hydroxyl groups is 1. The van der Waals surface area contributed by atoms with E-state index >= 15 is 0 Å². The van der Waals surface area contributed by atoms with E-state index in [9.17, 15) is 9.90 Å². The van der Waals surface area contributed by atoms with E-state index in [1.165, 1.54) is 11.3 Å². The third-order valence-corrected chi connectivity index (χ3v) is 4.08. The quantitative estimate of drug-likeness (QED) is 0.890. The molecule has 1 amide bonds. The predicted octanol–water partition coefficient (Wildman–Crippen LogP) is 2.62. The van der Waals surface area contributed by atoms with Crippen LogP contribution in [0.1, 0.15) is 36.9 Å². The number of benzene rings is 1. The molecule has 1 heterocycles. The van der Waals surface area contributed by atoms with Crippen molar-refractivity contribution < 1.29 is 9.90 Å². The summed E-state index contributed by atoms with van der Waals surface area (Å²) in [5.41, 5.74) is 0.219. The smallest absolute Gasteiger partial charge is 0.223 e. The number of carbonyl (C=O) groups is 1. The first-order chi connectivity index (χ1) is 9.49. The monoisotopic (exact) mass is 290 g/mol. The molecule has 2 rings (SSSR count). The Morgan fingerprint density at radius 3 is 2.70 bits per heavy atom. The molecule has 1 aromatic heterocycles. The lowest BCUT2D eigenvalue weighted by Crippen LogP contribution is -2.41. The van der Waals surface area contributed by atoms with E-state index in [2.05, 4.69) is 10.3 Å². The summed E-state index contributed by atoms with van der Waals surface area (Å²) in [6, 6.07) is 9.18. The van der Waals surface area contributed by atoms with Crippen LogP contribution in [0.15, 0.2) is 41.9 Å². The molecular formula is C15H18N2O2S. The fraction of sp³-hybridized carbons (Fsp3) is 0.333. The van der Waals surface area contributed by atoms with Gasteiger partial charge in [0.05, 0.1) is 18.1 Å². The highest BCUT2D eigenvalue weighted by Gasteiger charge is 2.26. The van der Waals surface area contributed by atoms with Crippen LogP contribution in [0.25, 0.3) is 0 Å². The fourth-order valence-corrected chi connectivity index (χ4v) is 2.67. The molecule has 0 fully saturated rings. The van der Waals surface area contributed by atoms with Gasteiger partial charge in [0.1, 0.15) is 5.01 Å². The maximum atomic E-state index is 12.0. The summed E-state index contributed by atoms with van der Waals surface area (Å²) in [5, 5.41) is 15.7. The third kappa shape index (κ3) is 3.65.